The summed E-state index contributed by atoms with van der Waals surface area (Å²) in [5.74, 6) is 0.0510. The molecule has 1 atom stereocenters. The first kappa shape index (κ1) is 29.2. The van der Waals surface area contributed by atoms with Crippen LogP contribution in [0.4, 0.5) is 0 Å². The molecule has 2 aromatic rings. The van der Waals surface area contributed by atoms with Crippen LogP contribution in [0.25, 0.3) is 5.76 Å². The predicted octanol–water partition coefficient (Wildman–Crippen LogP) is 4.11. The summed E-state index contributed by atoms with van der Waals surface area (Å²) in [5.41, 5.74) is 1.87. The van der Waals surface area contributed by atoms with Gasteiger partial charge in [-0.15, -0.1) is 0 Å². The quantitative estimate of drug-likeness (QED) is 0.183. The fraction of sp³-hybridized carbons (Fsp3) is 0.419. The number of morpholine rings is 1. The summed E-state index contributed by atoms with van der Waals surface area (Å²) in [4.78, 5) is 30.7. The van der Waals surface area contributed by atoms with Crippen LogP contribution in [0.2, 0.25) is 0 Å². The second-order valence-electron chi connectivity index (χ2n) is 9.78. The van der Waals surface area contributed by atoms with Crippen molar-refractivity contribution in [2.45, 2.75) is 26.3 Å². The Kier molecular flexibility index (Phi) is 9.84. The molecule has 2 aliphatic rings. The van der Waals surface area contributed by atoms with E-state index in [0.717, 1.165) is 25.1 Å². The topological polar surface area (TPSA) is 97.8 Å². The number of carbonyl (C=O) groups excluding carboxylic acids is 2. The number of amides is 1. The van der Waals surface area contributed by atoms with Crippen molar-refractivity contribution in [3.8, 4) is 17.2 Å². The van der Waals surface area contributed by atoms with Gasteiger partial charge < -0.3 is 29.0 Å². The molecule has 2 aliphatic heterocycles. The van der Waals surface area contributed by atoms with Crippen LogP contribution in [0.3, 0.4) is 0 Å². The molecule has 2 saturated heterocycles. The van der Waals surface area contributed by atoms with E-state index >= 15 is 0 Å². The lowest BCUT2D eigenvalue weighted by Crippen LogP contribution is -2.42. The molecular formula is C31H38N2O7. The molecule has 1 N–H and O–H groups in total. The normalized spacial score (nSPS) is 19.1. The molecular weight excluding hydrogens is 512 g/mol. The highest BCUT2D eigenvalue weighted by molar-refractivity contribution is 6.46. The van der Waals surface area contributed by atoms with Gasteiger partial charge in [-0.25, -0.2) is 0 Å². The smallest absolute Gasteiger partial charge is 0.295 e. The van der Waals surface area contributed by atoms with Crippen LogP contribution < -0.4 is 14.2 Å². The van der Waals surface area contributed by atoms with E-state index in [2.05, 4.69) is 11.5 Å². The molecule has 2 heterocycles. The zero-order valence-electron chi connectivity index (χ0n) is 23.5. The number of rotatable bonds is 12. The maximum atomic E-state index is 13.5. The first-order chi connectivity index (χ1) is 19.4. The maximum Gasteiger partial charge on any atom is 0.295 e. The Hall–Kier alpha value is -3.82. The number of hydrogen-bond acceptors (Lipinski definition) is 8. The fourth-order valence-corrected chi connectivity index (χ4v) is 5.01. The van der Waals surface area contributed by atoms with E-state index in [1.54, 1.807) is 36.4 Å². The van der Waals surface area contributed by atoms with Crippen LogP contribution in [0, 0.1) is 6.92 Å². The highest BCUT2D eigenvalue weighted by atomic mass is 16.5. The number of benzene rings is 2. The van der Waals surface area contributed by atoms with Gasteiger partial charge in [-0.05, 0) is 54.8 Å². The number of Topliss-reactive ketones (excluding diaryl/α,β-unsaturated/α-hetero) is 1. The molecule has 1 unspecified atom stereocenters. The third-order valence-corrected chi connectivity index (χ3v) is 7.09. The number of nitrogens with zero attached hydrogens (tertiary/aromatic N) is 2. The fourth-order valence-electron chi connectivity index (χ4n) is 5.01. The van der Waals surface area contributed by atoms with E-state index in [4.69, 9.17) is 18.9 Å². The summed E-state index contributed by atoms with van der Waals surface area (Å²) >= 11 is 0. The van der Waals surface area contributed by atoms with Gasteiger partial charge in [-0.1, -0.05) is 25.6 Å². The van der Waals surface area contributed by atoms with Gasteiger partial charge in [0.2, 0.25) is 0 Å². The Morgan fingerprint density at radius 1 is 1.10 bits per heavy atom. The van der Waals surface area contributed by atoms with E-state index in [1.165, 1.54) is 12.0 Å². The van der Waals surface area contributed by atoms with Crippen molar-refractivity contribution in [3.05, 3.63) is 71.3 Å². The van der Waals surface area contributed by atoms with Gasteiger partial charge in [0.05, 0.1) is 38.5 Å². The Morgan fingerprint density at radius 3 is 2.55 bits per heavy atom. The molecule has 1 amide bonds. The van der Waals surface area contributed by atoms with Crippen molar-refractivity contribution in [2.24, 2.45) is 0 Å². The van der Waals surface area contributed by atoms with E-state index in [1.807, 2.05) is 19.9 Å². The van der Waals surface area contributed by atoms with Crippen molar-refractivity contribution in [1.82, 2.24) is 9.80 Å². The summed E-state index contributed by atoms with van der Waals surface area (Å²) in [5, 5.41) is 11.6. The Labute approximate surface area is 235 Å². The first-order valence-electron chi connectivity index (χ1n) is 13.6. The molecule has 0 saturated carbocycles. The SMILES string of the molecule is C=CCOc1ccc(C2/C(=C(\O)c3ccc(OCCC)cc3C)C(=O)C(=O)N2CCN2CCOCC2)cc1OC. The van der Waals surface area contributed by atoms with Gasteiger partial charge in [0.1, 0.15) is 18.1 Å². The summed E-state index contributed by atoms with van der Waals surface area (Å²) in [6.07, 6.45) is 2.50. The predicted molar refractivity (Wildman–Crippen MR) is 152 cm³/mol. The highest BCUT2D eigenvalue weighted by Gasteiger charge is 2.46. The average Bonchev–Trinajstić information content (AvgIpc) is 3.23. The molecule has 9 nitrogen and oxygen atoms in total. The van der Waals surface area contributed by atoms with Crippen LogP contribution in [0.1, 0.15) is 36.1 Å². The van der Waals surface area contributed by atoms with Gasteiger partial charge in [0, 0.05) is 31.7 Å². The lowest BCUT2D eigenvalue weighted by Gasteiger charge is -2.31. The molecule has 0 bridgehead atoms. The highest BCUT2D eigenvalue weighted by Crippen LogP contribution is 2.42. The van der Waals surface area contributed by atoms with Crippen LogP contribution in [-0.4, -0.2) is 86.3 Å². The average molecular weight is 551 g/mol. The summed E-state index contributed by atoms with van der Waals surface area (Å²) in [7, 11) is 1.53. The first-order valence-corrected chi connectivity index (χ1v) is 13.6. The van der Waals surface area contributed by atoms with Gasteiger partial charge >= 0.3 is 0 Å². The molecule has 0 aromatic heterocycles. The summed E-state index contributed by atoms with van der Waals surface area (Å²) in [6, 6.07) is 9.78. The van der Waals surface area contributed by atoms with Gasteiger partial charge in [-0.3, -0.25) is 14.5 Å². The van der Waals surface area contributed by atoms with E-state index < -0.39 is 17.7 Å². The molecule has 2 aromatic carbocycles. The molecule has 0 aliphatic carbocycles. The third-order valence-electron chi connectivity index (χ3n) is 7.09. The number of aliphatic hydroxyl groups excluding tert-OH is 1. The number of ketones is 1. The largest absolute Gasteiger partial charge is 0.507 e. The lowest BCUT2D eigenvalue weighted by molar-refractivity contribution is -0.140. The minimum absolute atomic E-state index is 0.0408. The number of aryl methyl sites for hydroxylation is 1. The van der Waals surface area contributed by atoms with Crippen molar-refractivity contribution in [2.75, 3.05) is 59.7 Å². The Morgan fingerprint density at radius 2 is 1.88 bits per heavy atom. The molecule has 214 valence electrons. The van der Waals surface area contributed by atoms with E-state index in [0.29, 0.717) is 67.9 Å². The second kappa shape index (κ2) is 13.5. The number of aliphatic hydroxyl groups is 1. The standard InChI is InChI=1S/C31H38N2O7/c1-5-15-39-23-8-9-24(21(3)19-23)29(34)27-28(22-7-10-25(40-16-6-2)26(20-22)37-4)33(31(36)30(27)35)12-11-32-13-17-38-18-14-32/h6-10,19-20,28,34H,2,5,11-18H2,1,3-4H3/b29-27+. The van der Waals surface area contributed by atoms with E-state index in [-0.39, 0.29) is 11.3 Å². The van der Waals surface area contributed by atoms with Gasteiger partial charge in [0.25, 0.3) is 11.7 Å². The zero-order chi connectivity index (χ0) is 28.6. The minimum Gasteiger partial charge on any atom is -0.507 e. The number of hydrogen-bond donors (Lipinski definition) is 1. The maximum absolute atomic E-state index is 13.5. The minimum atomic E-state index is -0.807. The second-order valence-corrected chi connectivity index (χ2v) is 9.78. The molecule has 40 heavy (non-hydrogen) atoms. The van der Waals surface area contributed by atoms with Crippen molar-refractivity contribution in [3.63, 3.8) is 0 Å². The van der Waals surface area contributed by atoms with Crippen LogP contribution in [0.5, 0.6) is 17.2 Å². The molecule has 0 spiro atoms. The molecule has 2 fully saturated rings. The third kappa shape index (κ3) is 6.32. The molecule has 0 radical (unpaired) electrons. The van der Waals surface area contributed by atoms with Crippen molar-refractivity contribution in [1.29, 1.82) is 0 Å². The van der Waals surface area contributed by atoms with Crippen molar-refractivity contribution < 1.29 is 33.6 Å². The number of carbonyl (C=O) groups is 2. The van der Waals surface area contributed by atoms with E-state index in [9.17, 15) is 14.7 Å². The monoisotopic (exact) mass is 550 g/mol. The van der Waals surface area contributed by atoms with Crippen LogP contribution in [0.15, 0.2) is 54.6 Å². The number of likely N-dealkylation sites (tertiary alicyclic amines) is 1. The van der Waals surface area contributed by atoms with Crippen molar-refractivity contribution >= 4 is 17.4 Å². The van der Waals surface area contributed by atoms with Crippen LogP contribution in [-0.2, 0) is 14.3 Å². The van der Waals surface area contributed by atoms with Gasteiger partial charge in [0.15, 0.2) is 11.5 Å². The van der Waals surface area contributed by atoms with Gasteiger partial charge in [-0.2, -0.15) is 0 Å². The number of methoxy groups -OCH3 is 1. The zero-order valence-corrected chi connectivity index (χ0v) is 23.5. The summed E-state index contributed by atoms with van der Waals surface area (Å²) in [6.45, 7) is 12.1. The number of ether oxygens (including phenoxy) is 4. The molecule has 4 rings (SSSR count). The Balaban J connectivity index is 1.77. The Bertz CT molecular complexity index is 1270. The van der Waals surface area contributed by atoms with Crippen LogP contribution >= 0.6 is 0 Å². The molecule has 9 heteroatoms. The lowest BCUT2D eigenvalue weighted by atomic mass is 9.93. The summed E-state index contributed by atoms with van der Waals surface area (Å²) < 4.78 is 22.4.